The number of carbonyl (C=O) groups excluding carboxylic acids is 2. The number of hydrogen-bond acceptors (Lipinski definition) is 8. The number of hydrogen-bond donors (Lipinski definition) is 1. The number of nitro groups is 1. The zero-order chi connectivity index (χ0) is 21.8. The van der Waals surface area contributed by atoms with E-state index in [1.165, 1.54) is 19.3 Å². The summed E-state index contributed by atoms with van der Waals surface area (Å²) in [7, 11) is 1.25. The molecule has 0 unspecified atom stereocenters. The molecule has 0 aromatic heterocycles. The van der Waals surface area contributed by atoms with Crippen molar-refractivity contribution in [2.45, 2.75) is 0 Å². The van der Waals surface area contributed by atoms with Crippen molar-refractivity contribution in [2.75, 3.05) is 20.3 Å². The second kappa shape index (κ2) is 9.06. The SMILES string of the molecule is COc1cc(/C=C2\SC(=O)N(CCOc3ccc(Cl)cc3)C2=O)cc([N+](=O)[O-])c1O. The standard InChI is InChI=1S/C19H15ClN2O7S/c1-28-15-9-11(8-14(17(15)23)22(26)27)10-16-18(24)21(19(25)30-16)6-7-29-13-4-2-12(20)3-5-13/h2-5,8-10,23H,6-7H2,1H3/b16-10-. The minimum Gasteiger partial charge on any atom is -0.500 e. The average Bonchev–Trinajstić information content (AvgIpc) is 2.97. The molecule has 1 aliphatic rings. The number of methoxy groups -OCH3 is 1. The molecule has 9 nitrogen and oxygen atoms in total. The van der Waals surface area contributed by atoms with Crippen molar-refractivity contribution in [1.29, 1.82) is 0 Å². The Labute approximate surface area is 180 Å². The van der Waals surface area contributed by atoms with Gasteiger partial charge in [0.15, 0.2) is 5.75 Å². The van der Waals surface area contributed by atoms with Gasteiger partial charge in [0.2, 0.25) is 5.75 Å². The number of halogens is 1. The molecule has 1 N–H and O–H groups in total. The van der Waals surface area contributed by atoms with Crippen molar-refractivity contribution >= 4 is 46.3 Å². The van der Waals surface area contributed by atoms with Crippen LogP contribution in [0.4, 0.5) is 10.5 Å². The lowest BCUT2D eigenvalue weighted by molar-refractivity contribution is -0.386. The van der Waals surface area contributed by atoms with Crippen LogP contribution in [0.1, 0.15) is 5.56 Å². The van der Waals surface area contributed by atoms with Crippen LogP contribution in [0.15, 0.2) is 41.3 Å². The number of amides is 2. The first-order chi connectivity index (χ1) is 14.3. The average molecular weight is 451 g/mol. The Morgan fingerprint density at radius 3 is 2.60 bits per heavy atom. The van der Waals surface area contributed by atoms with Crippen LogP contribution in [0, 0.1) is 10.1 Å². The molecule has 0 atom stereocenters. The van der Waals surface area contributed by atoms with Crippen molar-refractivity contribution in [3.05, 3.63) is 62.0 Å². The molecule has 30 heavy (non-hydrogen) atoms. The van der Waals surface area contributed by atoms with Crippen LogP contribution in [0.2, 0.25) is 5.02 Å². The highest BCUT2D eigenvalue weighted by atomic mass is 35.5. The van der Waals surface area contributed by atoms with Crippen LogP contribution in [0.25, 0.3) is 6.08 Å². The molecule has 0 radical (unpaired) electrons. The normalized spacial score (nSPS) is 15.0. The fourth-order valence-electron chi connectivity index (χ4n) is 2.62. The monoisotopic (exact) mass is 450 g/mol. The highest BCUT2D eigenvalue weighted by molar-refractivity contribution is 8.18. The molecule has 0 saturated carbocycles. The van der Waals surface area contributed by atoms with E-state index in [4.69, 9.17) is 21.1 Å². The number of thioether (sulfide) groups is 1. The summed E-state index contributed by atoms with van der Waals surface area (Å²) in [4.78, 5) is 36.2. The summed E-state index contributed by atoms with van der Waals surface area (Å²) in [5.41, 5.74) is -0.338. The topological polar surface area (TPSA) is 119 Å². The summed E-state index contributed by atoms with van der Waals surface area (Å²) < 4.78 is 10.4. The van der Waals surface area contributed by atoms with Gasteiger partial charge in [-0.15, -0.1) is 0 Å². The fourth-order valence-corrected chi connectivity index (χ4v) is 3.61. The number of phenolic OH excluding ortho intramolecular Hbond substituents is 1. The summed E-state index contributed by atoms with van der Waals surface area (Å²) in [6.45, 7) is 0.120. The van der Waals surface area contributed by atoms with E-state index in [9.17, 15) is 24.8 Å². The van der Waals surface area contributed by atoms with Crippen molar-refractivity contribution in [3.8, 4) is 17.2 Å². The van der Waals surface area contributed by atoms with Gasteiger partial charge in [0.05, 0.1) is 23.5 Å². The number of phenols is 1. The van der Waals surface area contributed by atoms with Crippen LogP contribution in [-0.4, -0.2) is 46.3 Å². The van der Waals surface area contributed by atoms with Gasteiger partial charge >= 0.3 is 5.69 Å². The lowest BCUT2D eigenvalue weighted by atomic mass is 10.1. The molecule has 0 spiro atoms. The van der Waals surface area contributed by atoms with Crippen LogP contribution >= 0.6 is 23.4 Å². The van der Waals surface area contributed by atoms with E-state index >= 15 is 0 Å². The Morgan fingerprint density at radius 2 is 1.97 bits per heavy atom. The Bertz CT molecular complexity index is 1040. The predicted octanol–water partition coefficient (Wildman–Crippen LogP) is 4.08. The van der Waals surface area contributed by atoms with Crippen molar-refractivity contribution in [3.63, 3.8) is 0 Å². The maximum absolute atomic E-state index is 12.6. The number of carbonyl (C=O) groups is 2. The second-order valence-electron chi connectivity index (χ2n) is 5.98. The number of ether oxygens (including phenoxy) is 2. The van der Waals surface area contributed by atoms with Crippen LogP contribution < -0.4 is 9.47 Å². The molecule has 3 rings (SSSR count). The van der Waals surface area contributed by atoms with Gasteiger partial charge in [-0.25, -0.2) is 0 Å². The number of aromatic hydroxyl groups is 1. The molecule has 2 aromatic carbocycles. The maximum atomic E-state index is 12.6. The molecule has 2 amide bonds. The Balaban J connectivity index is 1.74. The third-order valence-corrected chi connectivity index (χ3v) is 5.22. The van der Waals surface area contributed by atoms with Gasteiger partial charge in [0, 0.05) is 11.1 Å². The molecule has 1 heterocycles. The fraction of sp³-hybridized carbons (Fsp3) is 0.158. The minimum absolute atomic E-state index is 0.0314. The summed E-state index contributed by atoms with van der Waals surface area (Å²) >= 11 is 6.51. The molecule has 11 heteroatoms. The minimum atomic E-state index is -0.769. The molecule has 1 aliphatic heterocycles. The van der Waals surface area contributed by atoms with Gasteiger partial charge in [0.1, 0.15) is 12.4 Å². The van der Waals surface area contributed by atoms with Crippen molar-refractivity contribution in [2.24, 2.45) is 0 Å². The van der Waals surface area contributed by atoms with Gasteiger partial charge in [-0.1, -0.05) is 11.6 Å². The maximum Gasteiger partial charge on any atom is 0.315 e. The summed E-state index contributed by atoms with van der Waals surface area (Å²) in [6, 6.07) is 9.08. The quantitative estimate of drug-likeness (QED) is 0.380. The first-order valence-electron chi connectivity index (χ1n) is 8.49. The molecule has 0 aliphatic carbocycles. The first kappa shape index (κ1) is 21.5. The van der Waals surface area contributed by atoms with Crippen LogP contribution in [0.5, 0.6) is 17.2 Å². The molecule has 2 aromatic rings. The van der Waals surface area contributed by atoms with Gasteiger partial charge in [-0.05, 0) is 53.7 Å². The van der Waals surface area contributed by atoms with Crippen molar-refractivity contribution in [1.82, 2.24) is 4.90 Å². The van der Waals surface area contributed by atoms with E-state index < -0.39 is 27.5 Å². The van der Waals surface area contributed by atoms with E-state index in [0.717, 1.165) is 11.0 Å². The molecule has 0 bridgehead atoms. The van der Waals surface area contributed by atoms with E-state index in [1.54, 1.807) is 24.3 Å². The Kier molecular flexibility index (Phi) is 6.48. The van der Waals surface area contributed by atoms with Gasteiger partial charge in [-0.3, -0.25) is 24.6 Å². The van der Waals surface area contributed by atoms with Crippen molar-refractivity contribution < 1.29 is 29.1 Å². The highest BCUT2D eigenvalue weighted by Gasteiger charge is 2.35. The molecule has 1 fully saturated rings. The number of benzene rings is 2. The van der Waals surface area contributed by atoms with Crippen LogP contribution in [-0.2, 0) is 4.79 Å². The molecular weight excluding hydrogens is 436 g/mol. The van der Waals surface area contributed by atoms with Gasteiger partial charge < -0.3 is 14.6 Å². The lowest BCUT2D eigenvalue weighted by Gasteiger charge is -2.13. The lowest BCUT2D eigenvalue weighted by Crippen LogP contribution is -2.32. The first-order valence-corrected chi connectivity index (χ1v) is 9.68. The zero-order valence-corrected chi connectivity index (χ0v) is 17.1. The van der Waals surface area contributed by atoms with Gasteiger partial charge in [-0.2, -0.15) is 0 Å². The summed E-state index contributed by atoms with van der Waals surface area (Å²) in [5.74, 6) is -0.733. The second-order valence-corrected chi connectivity index (χ2v) is 7.41. The molecule has 1 saturated heterocycles. The summed E-state index contributed by atoms with van der Waals surface area (Å²) in [5, 5.41) is 21.0. The smallest absolute Gasteiger partial charge is 0.315 e. The Hall–Kier alpha value is -3.24. The molecular formula is C19H15ClN2O7S. The van der Waals surface area contributed by atoms with E-state index in [2.05, 4.69) is 0 Å². The highest BCUT2D eigenvalue weighted by Crippen LogP contribution is 2.39. The van der Waals surface area contributed by atoms with E-state index in [-0.39, 0.29) is 29.4 Å². The number of nitro benzene ring substituents is 1. The Morgan fingerprint density at radius 1 is 1.27 bits per heavy atom. The molecule has 156 valence electrons. The number of rotatable bonds is 7. The predicted molar refractivity (Wildman–Crippen MR) is 111 cm³/mol. The third-order valence-electron chi connectivity index (χ3n) is 4.06. The number of imide groups is 1. The summed E-state index contributed by atoms with van der Waals surface area (Å²) in [6.07, 6.45) is 1.33. The third kappa shape index (κ3) is 4.66. The largest absolute Gasteiger partial charge is 0.500 e. The van der Waals surface area contributed by atoms with Gasteiger partial charge in [0.25, 0.3) is 11.1 Å². The number of nitrogens with zero attached hydrogens (tertiary/aromatic N) is 2. The zero-order valence-electron chi connectivity index (χ0n) is 15.5. The van der Waals surface area contributed by atoms with Crippen LogP contribution in [0.3, 0.4) is 0 Å². The van der Waals surface area contributed by atoms with E-state index in [0.29, 0.717) is 22.5 Å². The van der Waals surface area contributed by atoms with E-state index in [1.807, 2.05) is 0 Å².